The van der Waals surface area contributed by atoms with E-state index in [1.807, 2.05) is 24.3 Å². The molecule has 2 aliphatic rings. The molecule has 4 heteroatoms. The first-order chi connectivity index (χ1) is 11.8. The predicted octanol–water partition coefficient (Wildman–Crippen LogP) is 5.18. The van der Waals surface area contributed by atoms with Gasteiger partial charge in [-0.3, -0.25) is 0 Å². The van der Waals surface area contributed by atoms with Crippen LogP contribution in [0.2, 0.25) is 0 Å². The summed E-state index contributed by atoms with van der Waals surface area (Å²) in [6.45, 7) is 0.903. The molecule has 3 nitrogen and oxygen atoms in total. The molecule has 0 heterocycles. The van der Waals surface area contributed by atoms with E-state index < -0.39 is 0 Å². The van der Waals surface area contributed by atoms with Crippen molar-refractivity contribution in [1.82, 2.24) is 5.32 Å². The average Bonchev–Trinajstić information content (AvgIpc) is 3.11. The van der Waals surface area contributed by atoms with E-state index in [9.17, 15) is 0 Å². The van der Waals surface area contributed by atoms with Gasteiger partial charge in [-0.15, -0.1) is 0 Å². The van der Waals surface area contributed by atoms with Crippen molar-refractivity contribution < 1.29 is 4.74 Å². The lowest BCUT2D eigenvalue weighted by atomic mass is 9.97. The van der Waals surface area contributed by atoms with Crippen molar-refractivity contribution in [2.75, 3.05) is 11.9 Å². The highest BCUT2D eigenvalue weighted by molar-refractivity contribution is 7.80. The molecule has 1 fully saturated rings. The fraction of sp³-hybridized carbons (Fsp3) is 0.550. The minimum Gasteiger partial charge on any atom is -0.490 e. The zero-order valence-electron chi connectivity index (χ0n) is 14.4. The SMILES string of the molecule is S=C(NCCC1=CCCCC1)Nc1ccc(OC2CCCC2)cc1. The fourth-order valence-electron chi connectivity index (χ4n) is 3.46. The van der Waals surface area contributed by atoms with E-state index in [2.05, 4.69) is 16.7 Å². The zero-order chi connectivity index (χ0) is 16.6. The standard InChI is InChI=1S/C20H28N2OS/c24-20(21-15-14-16-6-2-1-3-7-16)22-17-10-12-19(13-11-17)23-18-8-4-5-9-18/h6,10-13,18H,1-5,7-9,14-15H2,(H2,21,22,24). The van der Waals surface area contributed by atoms with Crippen LogP contribution in [0.3, 0.4) is 0 Å². The Morgan fingerprint density at radius 2 is 1.88 bits per heavy atom. The Kier molecular flexibility index (Phi) is 6.53. The molecule has 0 bridgehead atoms. The molecule has 130 valence electrons. The molecule has 0 spiro atoms. The van der Waals surface area contributed by atoms with Crippen molar-refractivity contribution in [3.63, 3.8) is 0 Å². The summed E-state index contributed by atoms with van der Waals surface area (Å²) in [7, 11) is 0. The van der Waals surface area contributed by atoms with Gasteiger partial charge in [0, 0.05) is 12.2 Å². The van der Waals surface area contributed by atoms with Crippen molar-refractivity contribution in [3.05, 3.63) is 35.9 Å². The van der Waals surface area contributed by atoms with Gasteiger partial charge in [0.1, 0.15) is 5.75 Å². The summed E-state index contributed by atoms with van der Waals surface area (Å²) in [4.78, 5) is 0. The zero-order valence-corrected chi connectivity index (χ0v) is 15.2. The summed E-state index contributed by atoms with van der Waals surface area (Å²) in [5.74, 6) is 0.954. The minimum absolute atomic E-state index is 0.403. The predicted molar refractivity (Wildman–Crippen MR) is 105 cm³/mol. The third-order valence-electron chi connectivity index (χ3n) is 4.83. The lowest BCUT2D eigenvalue weighted by Gasteiger charge is -2.15. The van der Waals surface area contributed by atoms with Gasteiger partial charge in [0.25, 0.3) is 0 Å². The summed E-state index contributed by atoms with van der Waals surface area (Å²) in [5, 5.41) is 7.24. The van der Waals surface area contributed by atoms with Crippen molar-refractivity contribution in [2.24, 2.45) is 0 Å². The highest BCUT2D eigenvalue weighted by Gasteiger charge is 2.16. The highest BCUT2D eigenvalue weighted by Crippen LogP contribution is 2.25. The first-order valence-corrected chi connectivity index (χ1v) is 9.70. The van der Waals surface area contributed by atoms with Crippen LogP contribution in [0.5, 0.6) is 5.75 Å². The number of hydrogen-bond acceptors (Lipinski definition) is 2. The molecule has 24 heavy (non-hydrogen) atoms. The van der Waals surface area contributed by atoms with Gasteiger partial charge >= 0.3 is 0 Å². The van der Waals surface area contributed by atoms with E-state index in [0.717, 1.165) is 24.4 Å². The number of benzene rings is 1. The Morgan fingerprint density at radius 3 is 2.58 bits per heavy atom. The topological polar surface area (TPSA) is 33.3 Å². The Labute approximate surface area is 150 Å². The summed E-state index contributed by atoms with van der Waals surface area (Å²) in [6, 6.07) is 8.11. The molecule has 0 atom stereocenters. The van der Waals surface area contributed by atoms with Gasteiger partial charge < -0.3 is 15.4 Å². The third-order valence-corrected chi connectivity index (χ3v) is 5.08. The maximum atomic E-state index is 5.98. The van der Waals surface area contributed by atoms with Crippen molar-refractivity contribution in [3.8, 4) is 5.75 Å². The molecule has 0 radical (unpaired) electrons. The lowest BCUT2D eigenvalue weighted by molar-refractivity contribution is 0.210. The first kappa shape index (κ1) is 17.3. The monoisotopic (exact) mass is 344 g/mol. The normalized spacial score (nSPS) is 18.1. The van der Waals surface area contributed by atoms with Crippen LogP contribution >= 0.6 is 12.2 Å². The van der Waals surface area contributed by atoms with Crippen LogP contribution in [0, 0.1) is 0 Å². The van der Waals surface area contributed by atoms with E-state index in [0.29, 0.717) is 11.2 Å². The fourth-order valence-corrected chi connectivity index (χ4v) is 3.68. The third kappa shape index (κ3) is 5.52. The molecule has 0 saturated heterocycles. The number of anilines is 1. The number of thiocarbonyl (C=S) groups is 1. The minimum atomic E-state index is 0.403. The largest absolute Gasteiger partial charge is 0.490 e. The molecule has 0 amide bonds. The van der Waals surface area contributed by atoms with E-state index >= 15 is 0 Å². The van der Waals surface area contributed by atoms with Crippen LogP contribution in [-0.4, -0.2) is 17.8 Å². The Balaban J connectivity index is 1.38. The average molecular weight is 345 g/mol. The van der Waals surface area contributed by atoms with Gasteiger partial charge in [0.05, 0.1) is 6.10 Å². The summed E-state index contributed by atoms with van der Waals surface area (Å²) >= 11 is 5.38. The second-order valence-electron chi connectivity index (χ2n) is 6.79. The van der Waals surface area contributed by atoms with E-state index in [1.54, 1.807) is 5.57 Å². The molecule has 0 unspecified atom stereocenters. The highest BCUT2D eigenvalue weighted by atomic mass is 32.1. The van der Waals surface area contributed by atoms with Gasteiger partial charge in [-0.2, -0.15) is 0 Å². The van der Waals surface area contributed by atoms with Crippen LogP contribution in [0.4, 0.5) is 5.69 Å². The molecule has 2 aliphatic carbocycles. The van der Waals surface area contributed by atoms with Crippen molar-refractivity contribution in [2.45, 2.75) is 63.9 Å². The maximum Gasteiger partial charge on any atom is 0.170 e. The summed E-state index contributed by atoms with van der Waals surface area (Å²) in [6.07, 6.45) is 14.0. The summed E-state index contributed by atoms with van der Waals surface area (Å²) in [5.41, 5.74) is 2.58. The number of hydrogen-bond donors (Lipinski definition) is 2. The van der Waals surface area contributed by atoms with Crippen LogP contribution in [-0.2, 0) is 0 Å². The van der Waals surface area contributed by atoms with Gasteiger partial charge in [-0.25, -0.2) is 0 Å². The first-order valence-electron chi connectivity index (χ1n) is 9.29. The maximum absolute atomic E-state index is 5.98. The number of allylic oxidation sites excluding steroid dienone is 1. The molecule has 2 N–H and O–H groups in total. The Morgan fingerprint density at radius 1 is 1.08 bits per heavy atom. The van der Waals surface area contributed by atoms with Gasteiger partial charge in [-0.1, -0.05) is 11.6 Å². The van der Waals surface area contributed by atoms with Gasteiger partial charge in [-0.05, 0) is 94.3 Å². The molecule has 1 saturated carbocycles. The summed E-state index contributed by atoms with van der Waals surface area (Å²) < 4.78 is 5.98. The van der Waals surface area contributed by atoms with Crippen molar-refractivity contribution in [1.29, 1.82) is 0 Å². The smallest absolute Gasteiger partial charge is 0.170 e. The molecule has 1 aromatic carbocycles. The van der Waals surface area contributed by atoms with Crippen LogP contribution in [0.25, 0.3) is 0 Å². The van der Waals surface area contributed by atoms with E-state index in [-0.39, 0.29) is 0 Å². The number of nitrogens with one attached hydrogen (secondary N) is 2. The second-order valence-corrected chi connectivity index (χ2v) is 7.20. The van der Waals surface area contributed by atoms with Crippen LogP contribution in [0.1, 0.15) is 57.8 Å². The molecule has 0 aromatic heterocycles. The molecule has 1 aromatic rings. The second kappa shape index (κ2) is 9.07. The lowest BCUT2D eigenvalue weighted by Crippen LogP contribution is -2.29. The quantitative estimate of drug-likeness (QED) is 0.550. The molecular weight excluding hydrogens is 316 g/mol. The molecular formula is C20H28N2OS. The van der Waals surface area contributed by atoms with Gasteiger partial charge in [0.15, 0.2) is 5.11 Å². The van der Waals surface area contributed by atoms with Crippen LogP contribution < -0.4 is 15.4 Å². The van der Waals surface area contributed by atoms with E-state index in [1.165, 1.54) is 51.4 Å². The Bertz CT molecular complexity index is 562. The molecule has 3 rings (SSSR count). The van der Waals surface area contributed by atoms with Crippen LogP contribution in [0.15, 0.2) is 35.9 Å². The van der Waals surface area contributed by atoms with Gasteiger partial charge in [0.2, 0.25) is 0 Å². The number of rotatable bonds is 6. The van der Waals surface area contributed by atoms with Crippen molar-refractivity contribution >= 4 is 23.0 Å². The Hall–Kier alpha value is -1.55. The number of ether oxygens (including phenoxy) is 1. The molecule has 0 aliphatic heterocycles. The van der Waals surface area contributed by atoms with E-state index in [4.69, 9.17) is 17.0 Å².